The Balaban J connectivity index is 1.92. The summed E-state index contributed by atoms with van der Waals surface area (Å²) in [6.45, 7) is 5.87. The predicted molar refractivity (Wildman–Crippen MR) is 105 cm³/mol. The van der Waals surface area contributed by atoms with E-state index in [1.54, 1.807) is 24.9 Å². The Labute approximate surface area is 153 Å². The predicted octanol–water partition coefficient (Wildman–Crippen LogP) is 4.42. The van der Waals surface area contributed by atoms with Gasteiger partial charge in [0.05, 0.1) is 0 Å². The molecule has 3 rings (SSSR count). The smallest absolute Gasteiger partial charge is 0.276 e. The molecule has 1 heterocycles. The number of rotatable bonds is 4. The van der Waals surface area contributed by atoms with Gasteiger partial charge in [-0.3, -0.25) is 4.79 Å². The minimum atomic E-state index is -0.175. The summed E-state index contributed by atoms with van der Waals surface area (Å²) in [6, 6.07) is 17.3. The Kier molecular flexibility index (Phi) is 4.98. The van der Waals surface area contributed by atoms with Crippen LogP contribution in [0.25, 0.3) is 0 Å². The van der Waals surface area contributed by atoms with Crippen LogP contribution < -0.4 is 10.2 Å². The highest BCUT2D eigenvalue weighted by atomic mass is 16.2. The first-order valence-electron chi connectivity index (χ1n) is 8.48. The van der Waals surface area contributed by atoms with Gasteiger partial charge >= 0.3 is 0 Å². The number of amides is 1. The van der Waals surface area contributed by atoms with Gasteiger partial charge in [0.15, 0.2) is 0 Å². The normalized spacial score (nSPS) is 10.5. The second-order valence-electron chi connectivity index (χ2n) is 6.28. The second kappa shape index (κ2) is 7.35. The first-order valence-corrected chi connectivity index (χ1v) is 8.48. The summed E-state index contributed by atoms with van der Waals surface area (Å²) in [7, 11) is 1.74. The van der Waals surface area contributed by atoms with E-state index in [-0.39, 0.29) is 5.91 Å². The van der Waals surface area contributed by atoms with Crippen molar-refractivity contribution in [2.75, 3.05) is 17.3 Å². The summed E-state index contributed by atoms with van der Waals surface area (Å²) in [6.07, 6.45) is 0. The third-order valence-electron chi connectivity index (χ3n) is 4.24. The van der Waals surface area contributed by atoms with Gasteiger partial charge < -0.3 is 10.2 Å². The topological polar surface area (TPSA) is 58.1 Å². The van der Waals surface area contributed by atoms with E-state index in [9.17, 15) is 4.79 Å². The number of aromatic nitrogens is 2. The second-order valence-corrected chi connectivity index (χ2v) is 6.28. The number of carbonyl (C=O) groups is 1. The van der Waals surface area contributed by atoms with E-state index in [4.69, 9.17) is 0 Å². The van der Waals surface area contributed by atoms with Gasteiger partial charge in [-0.05, 0) is 44.0 Å². The van der Waals surface area contributed by atoms with E-state index >= 15 is 0 Å². The van der Waals surface area contributed by atoms with E-state index in [0.717, 1.165) is 22.5 Å². The SMILES string of the molecule is Cc1nc(Nc2c(C)cccc2C)cc(C(=O)N(C)c2ccccc2)n1. The highest BCUT2D eigenvalue weighted by molar-refractivity contribution is 6.04. The Hall–Kier alpha value is -3.21. The van der Waals surface area contributed by atoms with Gasteiger partial charge in [-0.25, -0.2) is 9.97 Å². The fourth-order valence-corrected chi connectivity index (χ4v) is 2.82. The number of nitrogens with zero attached hydrogens (tertiary/aromatic N) is 3. The lowest BCUT2D eigenvalue weighted by molar-refractivity contribution is 0.0988. The molecule has 1 aromatic heterocycles. The number of anilines is 3. The van der Waals surface area contributed by atoms with Crippen molar-refractivity contribution in [2.24, 2.45) is 0 Å². The fraction of sp³-hybridized carbons (Fsp3) is 0.190. The molecule has 0 aliphatic carbocycles. The Morgan fingerprint density at radius 3 is 2.23 bits per heavy atom. The highest BCUT2D eigenvalue weighted by Gasteiger charge is 2.17. The molecule has 3 aromatic rings. The molecule has 0 bridgehead atoms. The van der Waals surface area contributed by atoms with Crippen LogP contribution in [0.4, 0.5) is 17.2 Å². The van der Waals surface area contributed by atoms with E-state index in [0.29, 0.717) is 17.3 Å². The van der Waals surface area contributed by atoms with E-state index < -0.39 is 0 Å². The molecule has 0 aliphatic heterocycles. The maximum absolute atomic E-state index is 12.8. The summed E-state index contributed by atoms with van der Waals surface area (Å²) in [5.74, 6) is 0.983. The lowest BCUT2D eigenvalue weighted by Crippen LogP contribution is -2.27. The average molecular weight is 346 g/mol. The first kappa shape index (κ1) is 17.6. The average Bonchev–Trinajstić information content (AvgIpc) is 2.64. The molecule has 0 radical (unpaired) electrons. The molecular formula is C21H22N4O. The molecule has 1 amide bonds. The number of hydrogen-bond acceptors (Lipinski definition) is 4. The third-order valence-corrected chi connectivity index (χ3v) is 4.24. The molecule has 5 nitrogen and oxygen atoms in total. The Morgan fingerprint density at radius 2 is 1.58 bits per heavy atom. The van der Waals surface area contributed by atoms with Gasteiger partial charge in [-0.2, -0.15) is 0 Å². The molecule has 26 heavy (non-hydrogen) atoms. The zero-order valence-corrected chi connectivity index (χ0v) is 15.4. The van der Waals surface area contributed by atoms with Crippen LogP contribution in [0.2, 0.25) is 0 Å². The standard InChI is InChI=1S/C21H22N4O/c1-14-9-8-10-15(2)20(14)24-19-13-18(22-16(3)23-19)21(26)25(4)17-11-6-5-7-12-17/h5-13H,1-4H3,(H,22,23,24). The van der Waals surface area contributed by atoms with Crippen LogP contribution in [0, 0.1) is 20.8 Å². The van der Waals surface area contributed by atoms with E-state index in [2.05, 4.69) is 15.3 Å². The van der Waals surface area contributed by atoms with Gasteiger partial charge in [-0.15, -0.1) is 0 Å². The molecule has 2 aromatic carbocycles. The van der Waals surface area contributed by atoms with Gasteiger partial charge in [0.25, 0.3) is 5.91 Å². The quantitative estimate of drug-likeness (QED) is 0.759. The molecule has 5 heteroatoms. The van der Waals surface area contributed by atoms with Crippen molar-refractivity contribution in [1.82, 2.24) is 9.97 Å². The third kappa shape index (κ3) is 3.72. The summed E-state index contributed by atoms with van der Waals surface area (Å²) in [5.41, 5.74) is 4.42. The monoisotopic (exact) mass is 346 g/mol. The summed E-state index contributed by atoms with van der Waals surface area (Å²) in [5, 5.41) is 3.33. The lowest BCUT2D eigenvalue weighted by Gasteiger charge is -2.18. The molecule has 0 aliphatic rings. The van der Waals surface area contributed by atoms with Crippen molar-refractivity contribution in [2.45, 2.75) is 20.8 Å². The number of nitrogens with one attached hydrogen (secondary N) is 1. The number of hydrogen-bond donors (Lipinski definition) is 1. The maximum Gasteiger partial charge on any atom is 0.276 e. The minimum Gasteiger partial charge on any atom is -0.340 e. The molecule has 132 valence electrons. The van der Waals surface area contributed by atoms with Crippen molar-refractivity contribution in [1.29, 1.82) is 0 Å². The lowest BCUT2D eigenvalue weighted by atomic mass is 10.1. The Morgan fingerprint density at radius 1 is 0.923 bits per heavy atom. The molecule has 0 unspecified atom stereocenters. The Bertz CT molecular complexity index is 918. The maximum atomic E-state index is 12.8. The van der Waals surface area contributed by atoms with Crippen LogP contribution in [0.15, 0.2) is 54.6 Å². The largest absolute Gasteiger partial charge is 0.340 e. The van der Waals surface area contributed by atoms with Crippen LogP contribution in [0.5, 0.6) is 0 Å². The van der Waals surface area contributed by atoms with Gasteiger partial charge in [-0.1, -0.05) is 36.4 Å². The molecule has 1 N–H and O–H groups in total. The summed E-state index contributed by atoms with van der Waals surface area (Å²) >= 11 is 0. The van der Waals surface area contributed by atoms with Crippen LogP contribution in [-0.4, -0.2) is 22.9 Å². The van der Waals surface area contributed by atoms with Crippen molar-refractivity contribution >= 4 is 23.1 Å². The van der Waals surface area contributed by atoms with Crippen LogP contribution in [0.1, 0.15) is 27.4 Å². The van der Waals surface area contributed by atoms with Crippen LogP contribution in [-0.2, 0) is 0 Å². The summed E-state index contributed by atoms with van der Waals surface area (Å²) in [4.78, 5) is 23.2. The molecule has 0 saturated heterocycles. The molecular weight excluding hydrogens is 324 g/mol. The van der Waals surface area contributed by atoms with E-state index in [1.165, 1.54) is 0 Å². The van der Waals surface area contributed by atoms with Crippen LogP contribution in [0.3, 0.4) is 0 Å². The molecule has 0 spiro atoms. The van der Waals surface area contributed by atoms with Gasteiger partial charge in [0.2, 0.25) is 0 Å². The number of carbonyl (C=O) groups excluding carboxylic acids is 1. The number of aryl methyl sites for hydroxylation is 3. The zero-order valence-electron chi connectivity index (χ0n) is 15.4. The molecule has 0 atom stereocenters. The van der Waals surface area contributed by atoms with Gasteiger partial charge in [0, 0.05) is 24.5 Å². The molecule has 0 fully saturated rings. The highest BCUT2D eigenvalue weighted by Crippen LogP contribution is 2.24. The van der Waals surface area contributed by atoms with Crippen molar-refractivity contribution in [3.63, 3.8) is 0 Å². The molecule has 0 saturated carbocycles. The fourth-order valence-electron chi connectivity index (χ4n) is 2.82. The summed E-state index contributed by atoms with van der Waals surface area (Å²) < 4.78 is 0. The van der Waals surface area contributed by atoms with Crippen molar-refractivity contribution in [3.8, 4) is 0 Å². The van der Waals surface area contributed by atoms with Crippen molar-refractivity contribution in [3.05, 3.63) is 77.2 Å². The van der Waals surface area contributed by atoms with E-state index in [1.807, 2.05) is 62.4 Å². The zero-order chi connectivity index (χ0) is 18.7. The van der Waals surface area contributed by atoms with Crippen LogP contribution >= 0.6 is 0 Å². The van der Waals surface area contributed by atoms with Gasteiger partial charge in [0.1, 0.15) is 17.3 Å². The minimum absolute atomic E-state index is 0.175. The van der Waals surface area contributed by atoms with Crippen molar-refractivity contribution < 1.29 is 4.79 Å². The number of benzene rings is 2. The first-order chi connectivity index (χ1) is 12.5. The number of para-hydroxylation sites is 2.